The highest BCUT2D eigenvalue weighted by molar-refractivity contribution is 6.30. The number of rotatable bonds is 5. The third-order valence-corrected chi connectivity index (χ3v) is 4.31. The molecule has 1 N–H and O–H groups in total. The Morgan fingerprint density at radius 3 is 2.42 bits per heavy atom. The average molecular weight is 377 g/mol. The van der Waals surface area contributed by atoms with Crippen molar-refractivity contribution in [2.24, 2.45) is 10.9 Å². The van der Waals surface area contributed by atoms with E-state index in [-0.39, 0.29) is 36.4 Å². The van der Waals surface area contributed by atoms with Crippen molar-refractivity contribution in [2.45, 2.75) is 26.5 Å². The first-order valence-electron chi connectivity index (χ1n) is 8.34. The summed E-state index contributed by atoms with van der Waals surface area (Å²) in [5, 5.41) is 3.66. The van der Waals surface area contributed by atoms with Crippen LogP contribution in [-0.4, -0.2) is 5.90 Å². The van der Waals surface area contributed by atoms with E-state index in [0.29, 0.717) is 17.5 Å². The van der Waals surface area contributed by atoms with E-state index in [4.69, 9.17) is 16.3 Å². The third kappa shape index (κ3) is 4.82. The molecular formula is C20H19ClF2N2O. The maximum atomic E-state index is 14.2. The van der Waals surface area contributed by atoms with Crippen molar-refractivity contribution in [3.63, 3.8) is 0 Å². The normalized spacial score (nSPS) is 17.1. The van der Waals surface area contributed by atoms with E-state index in [1.807, 2.05) is 19.1 Å². The van der Waals surface area contributed by atoms with Crippen molar-refractivity contribution in [3.8, 4) is 0 Å². The maximum absolute atomic E-state index is 14.2. The lowest BCUT2D eigenvalue weighted by atomic mass is 10.0. The minimum absolute atomic E-state index is 0.156. The highest BCUT2D eigenvalue weighted by Crippen LogP contribution is 2.25. The van der Waals surface area contributed by atoms with Gasteiger partial charge in [-0.15, -0.1) is 0 Å². The van der Waals surface area contributed by atoms with Crippen LogP contribution < -0.4 is 5.32 Å². The van der Waals surface area contributed by atoms with Crippen LogP contribution >= 0.6 is 11.6 Å². The second kappa shape index (κ2) is 8.32. The molecule has 0 saturated heterocycles. The summed E-state index contributed by atoms with van der Waals surface area (Å²) in [5.74, 6) is -0.0885. The third-order valence-electron chi connectivity index (χ3n) is 4.06. The van der Waals surface area contributed by atoms with E-state index in [9.17, 15) is 8.78 Å². The molecule has 0 amide bonds. The SMILES string of the molecule is CC1CC(F)=C(NCc2ccc(Cl)cc2)N=C1OCc1ccc(F)cc1. The van der Waals surface area contributed by atoms with Crippen LogP contribution in [0.25, 0.3) is 0 Å². The molecule has 2 aromatic carbocycles. The van der Waals surface area contributed by atoms with Gasteiger partial charge in [-0.3, -0.25) is 0 Å². The predicted octanol–water partition coefficient (Wildman–Crippen LogP) is 5.36. The van der Waals surface area contributed by atoms with Gasteiger partial charge in [-0.25, -0.2) is 8.78 Å². The molecule has 1 aliphatic rings. The van der Waals surface area contributed by atoms with E-state index in [0.717, 1.165) is 11.1 Å². The minimum atomic E-state index is -0.296. The van der Waals surface area contributed by atoms with E-state index in [1.165, 1.54) is 12.1 Å². The molecule has 0 fully saturated rings. The fourth-order valence-corrected chi connectivity index (χ4v) is 2.70. The quantitative estimate of drug-likeness (QED) is 0.761. The molecular weight excluding hydrogens is 358 g/mol. The molecule has 1 heterocycles. The molecule has 3 rings (SSSR count). The van der Waals surface area contributed by atoms with Crippen LogP contribution in [0.5, 0.6) is 0 Å². The zero-order valence-electron chi connectivity index (χ0n) is 14.3. The highest BCUT2D eigenvalue weighted by atomic mass is 35.5. The summed E-state index contributed by atoms with van der Waals surface area (Å²) in [6.07, 6.45) is 0.227. The van der Waals surface area contributed by atoms with Gasteiger partial charge in [0, 0.05) is 23.9 Å². The van der Waals surface area contributed by atoms with Crippen LogP contribution in [0.1, 0.15) is 24.5 Å². The molecule has 3 nitrogen and oxygen atoms in total. The fourth-order valence-electron chi connectivity index (χ4n) is 2.57. The second-order valence-electron chi connectivity index (χ2n) is 6.20. The van der Waals surface area contributed by atoms with Crippen molar-refractivity contribution < 1.29 is 13.5 Å². The van der Waals surface area contributed by atoms with Gasteiger partial charge in [0.05, 0.1) is 0 Å². The molecule has 136 valence electrons. The molecule has 0 saturated carbocycles. The van der Waals surface area contributed by atoms with Crippen molar-refractivity contribution in [2.75, 3.05) is 0 Å². The number of hydrogen-bond acceptors (Lipinski definition) is 3. The van der Waals surface area contributed by atoms with Gasteiger partial charge >= 0.3 is 0 Å². The number of aliphatic imine (C=N–C) groups is 1. The van der Waals surface area contributed by atoms with Gasteiger partial charge < -0.3 is 10.1 Å². The van der Waals surface area contributed by atoms with Crippen molar-refractivity contribution >= 4 is 17.5 Å². The number of nitrogens with zero attached hydrogens (tertiary/aromatic N) is 1. The lowest BCUT2D eigenvalue weighted by molar-refractivity contribution is 0.264. The summed E-state index contributed by atoms with van der Waals surface area (Å²) in [6.45, 7) is 2.55. The Morgan fingerprint density at radius 2 is 1.73 bits per heavy atom. The molecule has 0 aromatic heterocycles. The fraction of sp³-hybridized carbons (Fsp3) is 0.250. The summed E-state index contributed by atoms with van der Waals surface area (Å²) in [7, 11) is 0. The Hall–Kier alpha value is -2.40. The zero-order valence-corrected chi connectivity index (χ0v) is 15.1. The van der Waals surface area contributed by atoms with Gasteiger partial charge in [0.2, 0.25) is 0 Å². The van der Waals surface area contributed by atoms with E-state index >= 15 is 0 Å². The van der Waals surface area contributed by atoms with Crippen LogP contribution in [0.3, 0.4) is 0 Å². The van der Waals surface area contributed by atoms with Gasteiger partial charge in [-0.05, 0) is 35.4 Å². The Labute approximate surface area is 156 Å². The monoisotopic (exact) mass is 376 g/mol. The smallest absolute Gasteiger partial charge is 0.193 e. The first-order valence-corrected chi connectivity index (χ1v) is 8.72. The number of nitrogens with one attached hydrogen (secondary N) is 1. The number of ether oxygens (including phenoxy) is 1. The Morgan fingerprint density at radius 1 is 1.08 bits per heavy atom. The van der Waals surface area contributed by atoms with E-state index < -0.39 is 0 Å². The molecule has 0 spiro atoms. The number of allylic oxidation sites excluding steroid dienone is 1. The first-order chi connectivity index (χ1) is 12.5. The molecule has 2 aromatic rings. The van der Waals surface area contributed by atoms with Gasteiger partial charge in [0.1, 0.15) is 18.3 Å². The predicted molar refractivity (Wildman–Crippen MR) is 98.8 cm³/mol. The molecule has 0 radical (unpaired) electrons. The average Bonchev–Trinajstić information content (AvgIpc) is 2.63. The van der Waals surface area contributed by atoms with Crippen LogP contribution in [0.2, 0.25) is 5.02 Å². The number of halogens is 3. The summed E-state index contributed by atoms with van der Waals surface area (Å²) in [4.78, 5) is 4.30. The van der Waals surface area contributed by atoms with Crippen LogP contribution in [0.4, 0.5) is 8.78 Å². The first kappa shape index (κ1) is 18.4. The van der Waals surface area contributed by atoms with Crippen molar-refractivity contribution in [3.05, 3.63) is 82.1 Å². The summed E-state index contributed by atoms with van der Waals surface area (Å²) >= 11 is 5.86. The maximum Gasteiger partial charge on any atom is 0.193 e. The number of benzene rings is 2. The standard InChI is InChI=1S/C20H19ClF2N2O/c1-13-10-18(23)19(24-11-14-2-6-16(21)7-3-14)25-20(13)26-12-15-4-8-17(22)9-5-15/h2-9,13,24H,10-12H2,1H3. The summed E-state index contributed by atoms with van der Waals surface area (Å²) in [6, 6.07) is 13.4. The molecule has 1 aliphatic heterocycles. The molecule has 0 bridgehead atoms. The summed E-state index contributed by atoms with van der Waals surface area (Å²) < 4.78 is 32.9. The Kier molecular flexibility index (Phi) is 5.89. The topological polar surface area (TPSA) is 33.6 Å². The lowest BCUT2D eigenvalue weighted by Gasteiger charge is -2.21. The summed E-state index contributed by atoms with van der Waals surface area (Å²) in [5.41, 5.74) is 1.80. The Balaban J connectivity index is 1.64. The molecule has 0 aliphatic carbocycles. The Bertz CT molecular complexity index is 817. The van der Waals surface area contributed by atoms with Gasteiger partial charge in [-0.1, -0.05) is 42.8 Å². The van der Waals surface area contributed by atoms with Gasteiger partial charge in [0.25, 0.3) is 0 Å². The van der Waals surface area contributed by atoms with Crippen molar-refractivity contribution in [1.29, 1.82) is 0 Å². The van der Waals surface area contributed by atoms with Crippen molar-refractivity contribution in [1.82, 2.24) is 5.32 Å². The number of hydrogen-bond donors (Lipinski definition) is 1. The van der Waals surface area contributed by atoms with E-state index in [2.05, 4.69) is 10.3 Å². The zero-order chi connectivity index (χ0) is 18.5. The highest BCUT2D eigenvalue weighted by Gasteiger charge is 2.23. The molecule has 1 atom stereocenters. The molecule has 6 heteroatoms. The van der Waals surface area contributed by atoms with Gasteiger partial charge in [-0.2, -0.15) is 4.99 Å². The van der Waals surface area contributed by atoms with Gasteiger partial charge in [0.15, 0.2) is 11.7 Å². The minimum Gasteiger partial charge on any atom is -0.476 e. The molecule has 1 unspecified atom stereocenters. The lowest BCUT2D eigenvalue weighted by Crippen LogP contribution is -2.24. The largest absolute Gasteiger partial charge is 0.476 e. The second-order valence-corrected chi connectivity index (χ2v) is 6.64. The van der Waals surface area contributed by atoms with Crippen LogP contribution in [-0.2, 0) is 17.9 Å². The van der Waals surface area contributed by atoms with Crippen LogP contribution in [0, 0.1) is 11.7 Å². The van der Waals surface area contributed by atoms with Crippen LogP contribution in [0.15, 0.2) is 65.2 Å². The van der Waals surface area contributed by atoms with E-state index in [1.54, 1.807) is 24.3 Å². The molecule has 26 heavy (non-hydrogen) atoms.